The summed E-state index contributed by atoms with van der Waals surface area (Å²) >= 11 is 0. The topological polar surface area (TPSA) is 79.0 Å². The Kier molecular flexibility index (Phi) is 6.07. The maximum absolute atomic E-state index is 14.4. The van der Waals surface area contributed by atoms with Crippen LogP contribution in [-0.2, 0) is 21.2 Å². The lowest BCUT2D eigenvalue weighted by atomic mass is 10.2. The molecule has 0 unspecified atom stereocenters. The van der Waals surface area contributed by atoms with E-state index in [1.807, 2.05) is 24.3 Å². The molecule has 176 valence electrons. The summed E-state index contributed by atoms with van der Waals surface area (Å²) in [6, 6.07) is 19.1. The zero-order valence-corrected chi connectivity index (χ0v) is 19.2. The molecular formula is C25H24FN3O4S. The molecule has 0 spiro atoms. The third-order valence-electron chi connectivity index (χ3n) is 6.11. The number of carbonyl (C=O) groups is 1. The number of morpholine rings is 1. The van der Waals surface area contributed by atoms with E-state index in [0.29, 0.717) is 5.69 Å². The number of anilines is 3. The summed E-state index contributed by atoms with van der Waals surface area (Å²) in [5.41, 5.74) is 4.12. The van der Waals surface area contributed by atoms with Crippen LogP contribution in [-0.4, -0.2) is 51.5 Å². The normalized spacial score (nSPS) is 16.3. The maximum atomic E-state index is 14.4. The Balaban J connectivity index is 1.32. The van der Waals surface area contributed by atoms with Crippen molar-refractivity contribution in [2.24, 2.45) is 0 Å². The van der Waals surface area contributed by atoms with E-state index in [-0.39, 0.29) is 31.9 Å². The Bertz CT molecular complexity index is 1320. The summed E-state index contributed by atoms with van der Waals surface area (Å²) in [7, 11) is -4.07. The lowest BCUT2D eigenvalue weighted by Gasteiger charge is -2.26. The Morgan fingerprint density at radius 2 is 1.68 bits per heavy atom. The van der Waals surface area contributed by atoms with Crippen molar-refractivity contribution in [2.75, 3.05) is 43.1 Å². The monoisotopic (exact) mass is 481 g/mol. The van der Waals surface area contributed by atoms with Crippen molar-refractivity contribution in [1.29, 1.82) is 0 Å². The number of rotatable bonds is 5. The van der Waals surface area contributed by atoms with Crippen LogP contribution in [0.3, 0.4) is 0 Å². The standard InChI is InChI=1S/C25H24FN3O4S/c26-22-10-5-19(17-24(22)34(31,32)28-13-15-33-16-14-28)25(30)27-20-6-8-21(9-7-20)29-12-11-18-3-1-2-4-23(18)29/h1-10,17H,11-16H2,(H,27,30). The molecule has 2 aliphatic heterocycles. The molecule has 3 aromatic rings. The first-order valence-electron chi connectivity index (χ1n) is 11.1. The van der Waals surface area contributed by atoms with Crippen LogP contribution >= 0.6 is 0 Å². The van der Waals surface area contributed by atoms with Crippen molar-refractivity contribution in [3.63, 3.8) is 0 Å². The van der Waals surface area contributed by atoms with Crippen molar-refractivity contribution in [1.82, 2.24) is 4.31 Å². The van der Waals surface area contributed by atoms with Gasteiger partial charge in [-0.25, -0.2) is 12.8 Å². The molecule has 0 saturated carbocycles. The molecule has 3 aromatic carbocycles. The van der Waals surface area contributed by atoms with Crippen molar-refractivity contribution in [2.45, 2.75) is 11.3 Å². The predicted octanol–water partition coefficient (Wildman–Crippen LogP) is 3.79. The summed E-state index contributed by atoms with van der Waals surface area (Å²) in [6.07, 6.45) is 0.981. The number of nitrogens with zero attached hydrogens (tertiary/aromatic N) is 2. The second-order valence-corrected chi connectivity index (χ2v) is 10.1. The highest BCUT2D eigenvalue weighted by atomic mass is 32.2. The predicted molar refractivity (Wildman–Crippen MR) is 128 cm³/mol. The van der Waals surface area contributed by atoms with Crippen LogP contribution in [0.2, 0.25) is 0 Å². The molecule has 1 amide bonds. The summed E-state index contributed by atoms with van der Waals surface area (Å²) < 4.78 is 46.6. The Hall–Kier alpha value is -3.27. The van der Waals surface area contributed by atoms with Crippen molar-refractivity contribution < 1.29 is 22.3 Å². The number of carbonyl (C=O) groups excluding carboxylic acids is 1. The van der Waals surface area contributed by atoms with Gasteiger partial charge in [0, 0.05) is 42.3 Å². The molecule has 34 heavy (non-hydrogen) atoms. The Labute approximate surface area is 197 Å². The molecule has 1 N–H and O–H groups in total. The molecule has 2 aliphatic rings. The van der Waals surface area contributed by atoms with Crippen LogP contribution in [0, 0.1) is 5.82 Å². The molecular weight excluding hydrogens is 457 g/mol. The van der Waals surface area contributed by atoms with Gasteiger partial charge >= 0.3 is 0 Å². The minimum absolute atomic E-state index is 0.0609. The van der Waals surface area contributed by atoms with E-state index in [1.54, 1.807) is 12.1 Å². The first-order chi connectivity index (χ1) is 16.4. The molecule has 0 radical (unpaired) electrons. The number of hydrogen-bond donors (Lipinski definition) is 1. The van der Waals surface area contributed by atoms with Gasteiger partial charge in [0.15, 0.2) is 0 Å². The number of nitrogens with one attached hydrogen (secondary N) is 1. The van der Waals surface area contributed by atoms with E-state index in [2.05, 4.69) is 22.3 Å². The fraction of sp³-hybridized carbons (Fsp3) is 0.240. The largest absolute Gasteiger partial charge is 0.379 e. The van der Waals surface area contributed by atoms with Crippen LogP contribution in [0.5, 0.6) is 0 Å². The number of hydrogen-bond acceptors (Lipinski definition) is 5. The van der Waals surface area contributed by atoms with E-state index in [0.717, 1.165) is 30.8 Å². The van der Waals surface area contributed by atoms with Gasteiger partial charge in [-0.2, -0.15) is 4.31 Å². The van der Waals surface area contributed by atoms with Crippen molar-refractivity contribution in [3.05, 3.63) is 83.7 Å². The second-order valence-electron chi connectivity index (χ2n) is 8.19. The molecule has 0 bridgehead atoms. The SMILES string of the molecule is O=C(Nc1ccc(N2CCc3ccccc32)cc1)c1ccc(F)c(S(=O)(=O)N2CCOCC2)c1. The van der Waals surface area contributed by atoms with Crippen LogP contribution in [0.25, 0.3) is 0 Å². The average molecular weight is 482 g/mol. The first kappa shape index (κ1) is 22.5. The molecule has 0 aliphatic carbocycles. The highest BCUT2D eigenvalue weighted by molar-refractivity contribution is 7.89. The van der Waals surface area contributed by atoms with E-state index in [1.165, 1.54) is 21.6 Å². The number of ether oxygens (including phenoxy) is 1. The fourth-order valence-electron chi connectivity index (χ4n) is 4.30. The van der Waals surface area contributed by atoms with Crippen LogP contribution < -0.4 is 10.2 Å². The van der Waals surface area contributed by atoms with Gasteiger partial charge in [-0.1, -0.05) is 18.2 Å². The average Bonchev–Trinajstić information content (AvgIpc) is 3.29. The summed E-state index contributed by atoms with van der Waals surface area (Å²) in [4.78, 5) is 14.5. The van der Waals surface area contributed by atoms with Crippen LogP contribution in [0.15, 0.2) is 71.6 Å². The van der Waals surface area contributed by atoms with Gasteiger partial charge in [0.1, 0.15) is 10.7 Å². The minimum Gasteiger partial charge on any atom is -0.379 e. The number of benzene rings is 3. The summed E-state index contributed by atoms with van der Waals surface area (Å²) in [5.74, 6) is -1.41. The van der Waals surface area contributed by atoms with Crippen molar-refractivity contribution >= 4 is 33.0 Å². The number of amides is 1. The zero-order chi connectivity index (χ0) is 23.7. The van der Waals surface area contributed by atoms with Gasteiger partial charge in [-0.05, 0) is 60.5 Å². The second kappa shape index (κ2) is 9.17. The van der Waals surface area contributed by atoms with Gasteiger partial charge in [0.2, 0.25) is 10.0 Å². The number of halogens is 1. The third-order valence-corrected chi connectivity index (χ3v) is 8.02. The number of fused-ring (bicyclic) bond motifs is 1. The number of sulfonamides is 1. The third kappa shape index (κ3) is 4.29. The van der Waals surface area contributed by atoms with Crippen molar-refractivity contribution in [3.8, 4) is 0 Å². The van der Waals surface area contributed by atoms with E-state index in [4.69, 9.17) is 4.74 Å². The molecule has 2 heterocycles. The van der Waals surface area contributed by atoms with Crippen LogP contribution in [0.4, 0.5) is 21.5 Å². The highest BCUT2D eigenvalue weighted by Crippen LogP contribution is 2.34. The lowest BCUT2D eigenvalue weighted by Crippen LogP contribution is -2.41. The van der Waals surface area contributed by atoms with E-state index < -0.39 is 26.6 Å². The van der Waals surface area contributed by atoms with Gasteiger partial charge in [-0.3, -0.25) is 4.79 Å². The number of para-hydroxylation sites is 1. The molecule has 0 atom stereocenters. The highest BCUT2D eigenvalue weighted by Gasteiger charge is 2.30. The molecule has 1 saturated heterocycles. The minimum atomic E-state index is -4.07. The van der Waals surface area contributed by atoms with Gasteiger partial charge in [0.25, 0.3) is 5.91 Å². The summed E-state index contributed by atoms with van der Waals surface area (Å²) in [5, 5.41) is 2.76. The first-order valence-corrected chi connectivity index (χ1v) is 12.5. The molecule has 9 heteroatoms. The fourth-order valence-corrected chi connectivity index (χ4v) is 5.80. The quantitative estimate of drug-likeness (QED) is 0.600. The Morgan fingerprint density at radius 1 is 0.941 bits per heavy atom. The van der Waals surface area contributed by atoms with Gasteiger partial charge in [-0.15, -0.1) is 0 Å². The van der Waals surface area contributed by atoms with E-state index in [9.17, 15) is 17.6 Å². The van der Waals surface area contributed by atoms with Crippen LogP contribution in [0.1, 0.15) is 15.9 Å². The molecule has 7 nitrogen and oxygen atoms in total. The maximum Gasteiger partial charge on any atom is 0.255 e. The molecule has 1 fully saturated rings. The molecule has 0 aromatic heterocycles. The van der Waals surface area contributed by atoms with Gasteiger partial charge in [0.05, 0.1) is 13.2 Å². The van der Waals surface area contributed by atoms with E-state index >= 15 is 0 Å². The summed E-state index contributed by atoms with van der Waals surface area (Å²) in [6.45, 7) is 1.68. The Morgan fingerprint density at radius 3 is 2.44 bits per heavy atom. The lowest BCUT2D eigenvalue weighted by molar-refractivity contribution is 0.0729. The smallest absolute Gasteiger partial charge is 0.255 e. The zero-order valence-electron chi connectivity index (χ0n) is 18.4. The van der Waals surface area contributed by atoms with Gasteiger partial charge < -0.3 is 15.0 Å². The molecule has 5 rings (SSSR count).